The second kappa shape index (κ2) is 11.1. The number of hydrogen-bond donors (Lipinski definition) is 2. The van der Waals surface area contributed by atoms with Crippen molar-refractivity contribution in [3.63, 3.8) is 0 Å². The van der Waals surface area contributed by atoms with Crippen molar-refractivity contribution in [3.05, 3.63) is 45.5 Å². The van der Waals surface area contributed by atoms with Crippen LogP contribution in [0.2, 0.25) is 10.0 Å². The fourth-order valence-corrected chi connectivity index (χ4v) is 2.67. The van der Waals surface area contributed by atoms with Gasteiger partial charge in [0.1, 0.15) is 0 Å². The molecule has 1 aromatic rings. The molecule has 0 aromatic heterocycles. The van der Waals surface area contributed by atoms with E-state index in [4.69, 9.17) is 27.9 Å². The van der Waals surface area contributed by atoms with Gasteiger partial charge in [0.25, 0.3) is 0 Å². The minimum Gasteiger partial charge on any atom is -0.377 e. The van der Waals surface area contributed by atoms with Crippen LogP contribution in [0.3, 0.4) is 0 Å². The number of guanidine groups is 1. The quantitative estimate of drug-likeness (QED) is 0.296. The molecule has 0 aliphatic carbocycles. The monoisotopic (exact) mass is 469 g/mol. The van der Waals surface area contributed by atoms with Crippen LogP contribution in [0.5, 0.6) is 0 Å². The summed E-state index contributed by atoms with van der Waals surface area (Å²) >= 11 is 12.1. The van der Waals surface area contributed by atoms with Crippen molar-refractivity contribution in [3.8, 4) is 0 Å². The fourth-order valence-electron chi connectivity index (χ4n) is 2.20. The van der Waals surface area contributed by atoms with Gasteiger partial charge in [0.2, 0.25) is 0 Å². The van der Waals surface area contributed by atoms with E-state index in [1.807, 2.05) is 12.1 Å². The largest absolute Gasteiger partial charge is 0.377 e. The van der Waals surface area contributed by atoms with Crippen LogP contribution in [-0.4, -0.2) is 32.8 Å². The summed E-state index contributed by atoms with van der Waals surface area (Å²) in [5.74, 6) is 0.763. The highest BCUT2D eigenvalue weighted by Crippen LogP contribution is 2.20. The molecule has 2 N–H and O–H groups in total. The van der Waals surface area contributed by atoms with Crippen molar-refractivity contribution in [2.45, 2.75) is 19.4 Å². The lowest BCUT2D eigenvalue weighted by atomic mass is 10.1. The van der Waals surface area contributed by atoms with Gasteiger partial charge in [-0.25, -0.2) is 0 Å². The Morgan fingerprint density at radius 1 is 1.30 bits per heavy atom. The highest BCUT2D eigenvalue weighted by molar-refractivity contribution is 14.0. The molecule has 1 heterocycles. The first-order chi connectivity index (χ1) is 10.7. The molecule has 128 valence electrons. The third kappa shape index (κ3) is 7.28. The smallest absolute Gasteiger partial charge is 0.191 e. The Hall–Kier alpha value is -0.500. The lowest BCUT2D eigenvalue weighted by Gasteiger charge is -2.16. The highest BCUT2D eigenvalue weighted by atomic mass is 127. The molecule has 7 heteroatoms. The number of nitrogens with zero attached hydrogens (tertiary/aromatic N) is 1. The molecule has 1 aromatic carbocycles. The predicted molar refractivity (Wildman–Crippen MR) is 108 cm³/mol. The molecule has 1 aliphatic heterocycles. The Labute approximate surface area is 164 Å². The summed E-state index contributed by atoms with van der Waals surface area (Å²) in [5, 5.41) is 7.85. The lowest BCUT2D eigenvalue weighted by Crippen LogP contribution is -2.37. The molecule has 0 saturated carbocycles. The fraction of sp³-hybridized carbons (Fsp3) is 0.438. The van der Waals surface area contributed by atoms with Crippen molar-refractivity contribution >= 4 is 53.1 Å². The molecule has 23 heavy (non-hydrogen) atoms. The summed E-state index contributed by atoms with van der Waals surface area (Å²) in [6, 6.07) is 5.49. The molecule has 0 radical (unpaired) electrons. The van der Waals surface area contributed by atoms with E-state index in [2.05, 4.69) is 21.7 Å². The van der Waals surface area contributed by atoms with Gasteiger partial charge in [-0.15, -0.1) is 24.0 Å². The van der Waals surface area contributed by atoms with Crippen LogP contribution in [0, 0.1) is 0 Å². The maximum atomic E-state index is 6.16. The maximum Gasteiger partial charge on any atom is 0.191 e. The van der Waals surface area contributed by atoms with Gasteiger partial charge in [-0.1, -0.05) is 40.9 Å². The molecule has 0 saturated heterocycles. The van der Waals surface area contributed by atoms with E-state index < -0.39 is 0 Å². The summed E-state index contributed by atoms with van der Waals surface area (Å²) < 4.78 is 5.30. The zero-order valence-electron chi connectivity index (χ0n) is 13.1. The number of nitrogens with one attached hydrogen (secondary N) is 2. The van der Waals surface area contributed by atoms with Crippen LogP contribution < -0.4 is 10.6 Å². The van der Waals surface area contributed by atoms with Crippen LogP contribution in [0.15, 0.2) is 34.8 Å². The van der Waals surface area contributed by atoms with Crippen LogP contribution in [0.25, 0.3) is 0 Å². The number of benzene rings is 1. The first-order valence-electron chi connectivity index (χ1n) is 7.33. The Balaban J connectivity index is 0.00000264. The zero-order chi connectivity index (χ0) is 15.8. The van der Waals surface area contributed by atoms with Gasteiger partial charge >= 0.3 is 0 Å². The van der Waals surface area contributed by atoms with Gasteiger partial charge < -0.3 is 15.4 Å². The summed E-state index contributed by atoms with van der Waals surface area (Å²) in [7, 11) is 1.76. The second-order valence-electron chi connectivity index (χ2n) is 5.03. The number of aliphatic imine (C=N–C) groups is 1. The van der Waals surface area contributed by atoms with E-state index in [9.17, 15) is 0 Å². The third-order valence-corrected chi connectivity index (χ3v) is 4.07. The Morgan fingerprint density at radius 2 is 2.13 bits per heavy atom. The Morgan fingerprint density at radius 3 is 2.78 bits per heavy atom. The first kappa shape index (κ1) is 20.5. The topological polar surface area (TPSA) is 45.7 Å². The van der Waals surface area contributed by atoms with Gasteiger partial charge in [0.05, 0.1) is 13.2 Å². The molecule has 0 atom stereocenters. The minimum absolute atomic E-state index is 0. The first-order valence-corrected chi connectivity index (χ1v) is 8.08. The second-order valence-corrected chi connectivity index (χ2v) is 5.87. The highest BCUT2D eigenvalue weighted by Gasteiger charge is 2.05. The van der Waals surface area contributed by atoms with E-state index in [0.29, 0.717) is 16.6 Å². The average Bonchev–Trinajstić information content (AvgIpc) is 2.53. The van der Waals surface area contributed by atoms with Gasteiger partial charge in [-0.2, -0.15) is 0 Å². The van der Waals surface area contributed by atoms with Crippen LogP contribution in [-0.2, 0) is 11.3 Å². The SMILES string of the molecule is CN=C(NCCC1=CCOCC1)NCc1ccc(Cl)cc1Cl.I. The average molecular weight is 470 g/mol. The normalized spacial score (nSPS) is 14.7. The van der Waals surface area contributed by atoms with Gasteiger partial charge in [-0.3, -0.25) is 4.99 Å². The minimum atomic E-state index is 0. The van der Waals surface area contributed by atoms with E-state index in [1.165, 1.54) is 5.57 Å². The summed E-state index contributed by atoms with van der Waals surface area (Å²) in [6.07, 6.45) is 4.19. The molecule has 0 unspecified atom stereocenters. The van der Waals surface area contributed by atoms with Crippen LogP contribution in [0.1, 0.15) is 18.4 Å². The van der Waals surface area contributed by atoms with Gasteiger partial charge in [0, 0.05) is 30.2 Å². The van der Waals surface area contributed by atoms with Gasteiger partial charge in [0.15, 0.2) is 5.96 Å². The summed E-state index contributed by atoms with van der Waals surface area (Å²) in [4.78, 5) is 4.21. The van der Waals surface area contributed by atoms with Crippen molar-refractivity contribution in [2.75, 3.05) is 26.8 Å². The molecule has 0 bridgehead atoms. The van der Waals surface area contributed by atoms with E-state index in [1.54, 1.807) is 13.1 Å². The van der Waals surface area contributed by atoms with Crippen molar-refractivity contribution in [2.24, 2.45) is 4.99 Å². The molecular weight excluding hydrogens is 448 g/mol. The molecule has 4 nitrogen and oxygen atoms in total. The molecule has 0 spiro atoms. The third-order valence-electron chi connectivity index (χ3n) is 3.48. The van der Waals surface area contributed by atoms with E-state index >= 15 is 0 Å². The van der Waals surface area contributed by atoms with E-state index in [-0.39, 0.29) is 24.0 Å². The summed E-state index contributed by atoms with van der Waals surface area (Å²) in [6.45, 7) is 3.01. The Bertz CT molecular complexity index is 564. The molecule has 2 rings (SSSR count). The van der Waals surface area contributed by atoms with Crippen molar-refractivity contribution in [1.29, 1.82) is 0 Å². The van der Waals surface area contributed by atoms with Crippen molar-refractivity contribution in [1.82, 2.24) is 10.6 Å². The lowest BCUT2D eigenvalue weighted by molar-refractivity contribution is 0.153. The number of hydrogen-bond acceptors (Lipinski definition) is 2. The molecule has 0 amide bonds. The van der Waals surface area contributed by atoms with Gasteiger partial charge in [-0.05, 0) is 30.5 Å². The Kier molecular flexibility index (Phi) is 9.94. The zero-order valence-corrected chi connectivity index (χ0v) is 16.9. The number of halogens is 3. The standard InChI is InChI=1S/C16H21Cl2N3O.HI/c1-19-16(20-7-4-12-5-8-22-9-6-12)21-11-13-2-3-14(17)10-15(13)18;/h2-3,5,10H,4,6-9,11H2,1H3,(H2,19,20,21);1H. The molecular formula is C16H22Cl2IN3O. The predicted octanol–water partition coefficient (Wildman–Crippen LogP) is 4.01. The van der Waals surface area contributed by atoms with Crippen LogP contribution >= 0.6 is 47.2 Å². The van der Waals surface area contributed by atoms with Crippen LogP contribution in [0.4, 0.5) is 0 Å². The van der Waals surface area contributed by atoms with Crippen molar-refractivity contribution < 1.29 is 4.74 Å². The summed E-state index contributed by atoms with van der Waals surface area (Å²) in [5.41, 5.74) is 2.43. The number of ether oxygens (including phenoxy) is 1. The molecule has 0 fully saturated rings. The van der Waals surface area contributed by atoms with E-state index in [0.717, 1.165) is 44.1 Å². The maximum absolute atomic E-state index is 6.16. The molecule has 1 aliphatic rings. The number of rotatable bonds is 5.